The van der Waals surface area contributed by atoms with Crippen molar-refractivity contribution >= 4 is 40.0 Å². The van der Waals surface area contributed by atoms with E-state index >= 15 is 0 Å². The van der Waals surface area contributed by atoms with Crippen LogP contribution in [0.3, 0.4) is 0 Å². The molecular weight excluding hydrogens is 462 g/mol. The lowest BCUT2D eigenvalue weighted by Gasteiger charge is -2.35. The number of nitrogens with zero attached hydrogens (tertiary/aromatic N) is 6. The number of hydrogen-bond acceptors (Lipinski definition) is 5. The van der Waals surface area contributed by atoms with Crippen molar-refractivity contribution in [2.45, 2.75) is 27.7 Å². The zero-order chi connectivity index (χ0) is 24.7. The number of anilines is 2. The second kappa shape index (κ2) is 9.19. The van der Waals surface area contributed by atoms with Crippen LogP contribution in [0.25, 0.3) is 16.6 Å². The molecule has 0 unspecified atom stereocenters. The van der Waals surface area contributed by atoms with Crippen LogP contribution in [0.5, 0.6) is 0 Å². The van der Waals surface area contributed by atoms with E-state index in [1.54, 1.807) is 0 Å². The number of urea groups is 1. The van der Waals surface area contributed by atoms with E-state index in [9.17, 15) is 4.79 Å². The summed E-state index contributed by atoms with van der Waals surface area (Å²) in [6.07, 6.45) is 0. The Bertz CT molecular complexity index is 1410. The van der Waals surface area contributed by atoms with Crippen LogP contribution in [-0.2, 0) is 0 Å². The zero-order valence-electron chi connectivity index (χ0n) is 20.3. The minimum atomic E-state index is -0.130. The molecule has 8 nitrogen and oxygen atoms in total. The van der Waals surface area contributed by atoms with Gasteiger partial charge < -0.3 is 15.1 Å². The Labute approximate surface area is 209 Å². The maximum absolute atomic E-state index is 12.9. The van der Waals surface area contributed by atoms with Gasteiger partial charge in [-0.3, -0.25) is 0 Å². The summed E-state index contributed by atoms with van der Waals surface area (Å²) < 4.78 is 1.96. The van der Waals surface area contributed by atoms with Crippen molar-refractivity contribution in [3.8, 4) is 5.69 Å². The predicted molar refractivity (Wildman–Crippen MR) is 140 cm³/mol. The number of aromatic nitrogens is 4. The van der Waals surface area contributed by atoms with Gasteiger partial charge in [0.1, 0.15) is 5.52 Å². The molecule has 35 heavy (non-hydrogen) atoms. The molecule has 1 aliphatic rings. The molecule has 1 fully saturated rings. The molecule has 0 aliphatic carbocycles. The molecule has 3 heterocycles. The van der Waals surface area contributed by atoms with Crippen LogP contribution in [0.4, 0.5) is 16.3 Å². The fourth-order valence-corrected chi connectivity index (χ4v) is 4.70. The third-order valence-corrected chi connectivity index (χ3v) is 7.05. The minimum absolute atomic E-state index is 0.130. The van der Waals surface area contributed by atoms with Crippen molar-refractivity contribution < 1.29 is 4.79 Å². The number of hydrogen-bond donors (Lipinski definition) is 1. The van der Waals surface area contributed by atoms with Crippen LogP contribution < -0.4 is 10.2 Å². The SMILES string of the molecule is Cc1ccc(-n2nc3c(N4CCN(C(=O)Nc5cccc(Cl)c5C)CC4)nnc(C)c3c2C)cc1. The lowest BCUT2D eigenvalue weighted by molar-refractivity contribution is 0.208. The first-order chi connectivity index (χ1) is 16.8. The number of fused-ring (bicyclic) bond motifs is 1. The Morgan fingerprint density at radius 1 is 0.943 bits per heavy atom. The van der Waals surface area contributed by atoms with E-state index in [-0.39, 0.29) is 6.03 Å². The van der Waals surface area contributed by atoms with Gasteiger partial charge in [0.2, 0.25) is 0 Å². The quantitative estimate of drug-likeness (QED) is 0.435. The smallest absolute Gasteiger partial charge is 0.321 e. The number of nitrogens with one attached hydrogen (secondary N) is 1. The highest BCUT2D eigenvalue weighted by Crippen LogP contribution is 2.30. The number of aryl methyl sites for hydroxylation is 3. The van der Waals surface area contributed by atoms with Crippen molar-refractivity contribution in [1.29, 1.82) is 0 Å². The maximum Gasteiger partial charge on any atom is 0.321 e. The van der Waals surface area contributed by atoms with Gasteiger partial charge in [0.25, 0.3) is 0 Å². The fourth-order valence-electron chi connectivity index (χ4n) is 4.52. The van der Waals surface area contributed by atoms with Gasteiger partial charge in [0.05, 0.1) is 22.5 Å². The first-order valence-corrected chi connectivity index (χ1v) is 12.1. The minimum Gasteiger partial charge on any atom is -0.350 e. The Morgan fingerprint density at radius 2 is 1.66 bits per heavy atom. The summed E-state index contributed by atoms with van der Waals surface area (Å²) in [5, 5.41) is 18.5. The number of halogens is 1. The van der Waals surface area contributed by atoms with Crippen molar-refractivity contribution in [1.82, 2.24) is 24.9 Å². The first kappa shape index (κ1) is 23.1. The van der Waals surface area contributed by atoms with Gasteiger partial charge in [-0.2, -0.15) is 10.2 Å². The third kappa shape index (κ3) is 4.30. The summed E-state index contributed by atoms with van der Waals surface area (Å²) in [5.74, 6) is 0.755. The molecule has 1 N–H and O–H groups in total. The number of carbonyl (C=O) groups is 1. The normalized spacial score (nSPS) is 14.0. The third-order valence-electron chi connectivity index (χ3n) is 6.64. The Morgan fingerprint density at radius 3 is 2.37 bits per heavy atom. The lowest BCUT2D eigenvalue weighted by Crippen LogP contribution is -2.50. The molecule has 2 aromatic carbocycles. The topological polar surface area (TPSA) is 79.2 Å². The standard InChI is InChI=1S/C26H28ClN7O/c1-16-8-10-20(11-9-16)34-19(4)23-18(3)29-30-25(24(23)31-34)32-12-14-33(15-13-32)26(35)28-22-7-5-6-21(27)17(22)2/h5-11H,12-15H2,1-4H3,(H,28,35). The van der Waals surface area contributed by atoms with Gasteiger partial charge in [0.15, 0.2) is 5.82 Å². The molecule has 0 bridgehead atoms. The molecule has 0 atom stereocenters. The molecular formula is C26H28ClN7O. The second-order valence-corrected chi connectivity index (χ2v) is 9.39. The number of carbonyl (C=O) groups excluding carboxylic acids is 1. The first-order valence-electron chi connectivity index (χ1n) is 11.7. The van der Waals surface area contributed by atoms with E-state index < -0.39 is 0 Å². The average molecular weight is 490 g/mol. The van der Waals surface area contributed by atoms with E-state index in [0.29, 0.717) is 31.2 Å². The number of rotatable bonds is 3. The summed E-state index contributed by atoms with van der Waals surface area (Å²) in [7, 11) is 0. The van der Waals surface area contributed by atoms with Crippen LogP contribution in [0.2, 0.25) is 5.02 Å². The zero-order valence-corrected chi connectivity index (χ0v) is 21.1. The molecule has 180 valence electrons. The van der Waals surface area contributed by atoms with Gasteiger partial charge in [0, 0.05) is 36.9 Å². The highest BCUT2D eigenvalue weighted by atomic mass is 35.5. The van der Waals surface area contributed by atoms with Crippen LogP contribution >= 0.6 is 11.6 Å². The van der Waals surface area contributed by atoms with Crippen molar-refractivity contribution in [2.24, 2.45) is 0 Å². The van der Waals surface area contributed by atoms with E-state index in [4.69, 9.17) is 16.7 Å². The fraction of sp³-hybridized carbons (Fsp3) is 0.308. The van der Waals surface area contributed by atoms with E-state index in [1.807, 2.05) is 41.6 Å². The monoisotopic (exact) mass is 489 g/mol. The molecule has 2 aromatic heterocycles. The van der Waals surface area contributed by atoms with Crippen molar-refractivity contribution in [2.75, 3.05) is 36.4 Å². The van der Waals surface area contributed by atoms with E-state index in [0.717, 1.165) is 45.0 Å². The number of piperazine rings is 1. The number of amides is 2. The molecule has 0 radical (unpaired) electrons. The Hall–Kier alpha value is -3.65. The largest absolute Gasteiger partial charge is 0.350 e. The molecule has 1 aliphatic heterocycles. The van der Waals surface area contributed by atoms with Gasteiger partial charge >= 0.3 is 6.03 Å². The van der Waals surface area contributed by atoms with E-state index in [2.05, 4.69) is 58.5 Å². The maximum atomic E-state index is 12.9. The van der Waals surface area contributed by atoms with Gasteiger partial charge in [-0.25, -0.2) is 9.48 Å². The summed E-state index contributed by atoms with van der Waals surface area (Å²) in [6, 6.07) is 13.7. The Balaban J connectivity index is 1.37. The van der Waals surface area contributed by atoms with Crippen LogP contribution in [0.15, 0.2) is 42.5 Å². The Kier molecular flexibility index (Phi) is 6.06. The second-order valence-electron chi connectivity index (χ2n) is 8.98. The summed E-state index contributed by atoms with van der Waals surface area (Å²) in [5.41, 5.74) is 6.53. The molecule has 1 saturated heterocycles. The average Bonchev–Trinajstić information content (AvgIpc) is 3.21. The van der Waals surface area contributed by atoms with Crippen LogP contribution in [-0.4, -0.2) is 57.1 Å². The summed E-state index contributed by atoms with van der Waals surface area (Å²) in [4.78, 5) is 16.8. The molecule has 9 heteroatoms. The molecule has 5 rings (SSSR count). The van der Waals surface area contributed by atoms with E-state index in [1.165, 1.54) is 5.56 Å². The molecule has 2 amide bonds. The van der Waals surface area contributed by atoms with Crippen LogP contribution in [0, 0.1) is 27.7 Å². The molecule has 0 spiro atoms. The van der Waals surface area contributed by atoms with Crippen LogP contribution in [0.1, 0.15) is 22.5 Å². The molecule has 4 aromatic rings. The highest BCUT2D eigenvalue weighted by molar-refractivity contribution is 6.31. The lowest BCUT2D eigenvalue weighted by atomic mass is 10.2. The van der Waals surface area contributed by atoms with Crippen molar-refractivity contribution in [3.63, 3.8) is 0 Å². The van der Waals surface area contributed by atoms with Gasteiger partial charge in [-0.05, 0) is 57.5 Å². The summed E-state index contributed by atoms with van der Waals surface area (Å²) >= 11 is 6.20. The predicted octanol–water partition coefficient (Wildman–Crippen LogP) is 5.06. The van der Waals surface area contributed by atoms with Gasteiger partial charge in [-0.15, -0.1) is 5.10 Å². The number of benzene rings is 2. The molecule has 0 saturated carbocycles. The van der Waals surface area contributed by atoms with Gasteiger partial charge in [-0.1, -0.05) is 35.4 Å². The van der Waals surface area contributed by atoms with Crippen molar-refractivity contribution in [3.05, 3.63) is 70.0 Å². The summed E-state index contributed by atoms with van der Waals surface area (Å²) in [6.45, 7) is 10.4. The highest BCUT2D eigenvalue weighted by Gasteiger charge is 2.26.